The standard InChI is InChI=1S/C13H19N5O4/c1-3-14-13(21)17(2)10-8-9(11(19)20)15-12(16-10)18-4-6-22-7-5-18/h8H,3-7H2,1-2H3,(H,14,21)(H,19,20). The number of carboxylic acid groups (broad SMARTS) is 1. The molecule has 1 saturated heterocycles. The number of aromatic nitrogens is 2. The predicted octanol–water partition coefficient (Wildman–Crippen LogP) is 0.177. The summed E-state index contributed by atoms with van der Waals surface area (Å²) in [5.41, 5.74) is -0.150. The van der Waals surface area contributed by atoms with E-state index in [2.05, 4.69) is 15.3 Å². The number of anilines is 2. The molecule has 2 rings (SSSR count). The number of nitrogens with one attached hydrogen (secondary N) is 1. The van der Waals surface area contributed by atoms with E-state index in [-0.39, 0.29) is 23.5 Å². The first-order chi connectivity index (χ1) is 10.5. The normalized spacial score (nSPS) is 14.5. The molecule has 2 N–H and O–H groups in total. The quantitative estimate of drug-likeness (QED) is 0.816. The molecular formula is C13H19N5O4. The molecule has 9 nitrogen and oxygen atoms in total. The van der Waals surface area contributed by atoms with Crippen LogP contribution in [0.2, 0.25) is 0 Å². The van der Waals surface area contributed by atoms with Gasteiger partial charge in [0.25, 0.3) is 0 Å². The van der Waals surface area contributed by atoms with Gasteiger partial charge in [0.05, 0.1) is 13.2 Å². The molecule has 1 aromatic heterocycles. The van der Waals surface area contributed by atoms with Gasteiger partial charge in [0.15, 0.2) is 5.69 Å². The summed E-state index contributed by atoms with van der Waals surface area (Å²) >= 11 is 0. The number of hydrogen-bond acceptors (Lipinski definition) is 6. The minimum Gasteiger partial charge on any atom is -0.477 e. The van der Waals surface area contributed by atoms with E-state index in [0.29, 0.717) is 32.8 Å². The smallest absolute Gasteiger partial charge is 0.354 e. The lowest BCUT2D eigenvalue weighted by molar-refractivity contribution is 0.0690. The molecule has 1 aromatic rings. The first kappa shape index (κ1) is 16.0. The van der Waals surface area contributed by atoms with Crippen molar-refractivity contribution in [3.63, 3.8) is 0 Å². The third-order valence-electron chi connectivity index (χ3n) is 3.19. The van der Waals surface area contributed by atoms with Gasteiger partial charge in [-0.2, -0.15) is 4.98 Å². The number of rotatable bonds is 4. The summed E-state index contributed by atoms with van der Waals surface area (Å²) in [6.45, 7) is 4.48. The summed E-state index contributed by atoms with van der Waals surface area (Å²) in [6.07, 6.45) is 0. The molecule has 1 aliphatic heterocycles. The number of carbonyl (C=O) groups excluding carboxylic acids is 1. The summed E-state index contributed by atoms with van der Waals surface area (Å²) < 4.78 is 5.26. The Kier molecular flexibility index (Phi) is 5.10. The van der Waals surface area contributed by atoms with E-state index in [1.54, 1.807) is 6.92 Å². The average molecular weight is 309 g/mol. The third kappa shape index (κ3) is 3.61. The second kappa shape index (κ2) is 7.03. The van der Waals surface area contributed by atoms with Crippen molar-refractivity contribution >= 4 is 23.8 Å². The van der Waals surface area contributed by atoms with E-state index < -0.39 is 5.97 Å². The summed E-state index contributed by atoms with van der Waals surface area (Å²) in [7, 11) is 1.53. The second-order valence-electron chi connectivity index (χ2n) is 4.71. The van der Waals surface area contributed by atoms with Gasteiger partial charge in [-0.15, -0.1) is 0 Å². The van der Waals surface area contributed by atoms with Crippen LogP contribution in [0, 0.1) is 0 Å². The highest BCUT2D eigenvalue weighted by molar-refractivity contribution is 5.92. The Morgan fingerprint density at radius 1 is 1.41 bits per heavy atom. The zero-order valence-corrected chi connectivity index (χ0v) is 12.6. The Balaban J connectivity index is 2.34. The van der Waals surface area contributed by atoms with E-state index in [1.165, 1.54) is 18.0 Å². The molecule has 22 heavy (non-hydrogen) atoms. The Morgan fingerprint density at radius 3 is 2.68 bits per heavy atom. The van der Waals surface area contributed by atoms with Gasteiger partial charge >= 0.3 is 12.0 Å². The first-order valence-corrected chi connectivity index (χ1v) is 6.99. The third-order valence-corrected chi connectivity index (χ3v) is 3.19. The van der Waals surface area contributed by atoms with E-state index in [1.807, 2.05) is 4.90 Å². The van der Waals surface area contributed by atoms with Crippen LogP contribution in [0.25, 0.3) is 0 Å². The molecule has 1 fully saturated rings. The molecule has 0 atom stereocenters. The molecule has 1 aliphatic rings. The SMILES string of the molecule is CCNC(=O)N(C)c1cc(C(=O)O)nc(N2CCOCC2)n1. The summed E-state index contributed by atoms with van der Waals surface area (Å²) in [5.74, 6) is -0.642. The number of nitrogens with zero attached hydrogens (tertiary/aromatic N) is 4. The van der Waals surface area contributed by atoms with Crippen molar-refractivity contribution in [1.82, 2.24) is 15.3 Å². The van der Waals surface area contributed by atoms with Gasteiger partial charge in [-0.05, 0) is 6.92 Å². The van der Waals surface area contributed by atoms with Crippen molar-refractivity contribution in [2.75, 3.05) is 49.7 Å². The first-order valence-electron chi connectivity index (χ1n) is 6.99. The number of ether oxygens (including phenoxy) is 1. The molecule has 2 heterocycles. The molecule has 0 aliphatic carbocycles. The highest BCUT2D eigenvalue weighted by Crippen LogP contribution is 2.18. The zero-order valence-electron chi connectivity index (χ0n) is 12.6. The van der Waals surface area contributed by atoms with Crippen LogP contribution < -0.4 is 15.1 Å². The van der Waals surface area contributed by atoms with Crippen molar-refractivity contribution in [3.8, 4) is 0 Å². The number of carbonyl (C=O) groups is 2. The lowest BCUT2D eigenvalue weighted by Crippen LogP contribution is -2.40. The van der Waals surface area contributed by atoms with Crippen LogP contribution in [0.15, 0.2) is 6.07 Å². The maximum atomic E-state index is 11.9. The summed E-state index contributed by atoms with van der Waals surface area (Å²) in [6, 6.07) is 0.923. The number of amides is 2. The van der Waals surface area contributed by atoms with Crippen molar-refractivity contribution in [2.45, 2.75) is 6.92 Å². The average Bonchev–Trinajstić information content (AvgIpc) is 2.54. The molecule has 0 bridgehead atoms. The van der Waals surface area contributed by atoms with Crippen LogP contribution in [-0.2, 0) is 4.74 Å². The number of aromatic carboxylic acids is 1. The zero-order chi connectivity index (χ0) is 16.1. The number of morpholine rings is 1. The molecule has 0 spiro atoms. The van der Waals surface area contributed by atoms with Crippen LogP contribution >= 0.6 is 0 Å². The van der Waals surface area contributed by atoms with Gasteiger partial charge in [-0.25, -0.2) is 14.6 Å². The monoisotopic (exact) mass is 309 g/mol. The Morgan fingerprint density at radius 2 is 2.09 bits per heavy atom. The molecule has 2 amide bonds. The van der Waals surface area contributed by atoms with Crippen LogP contribution in [0.1, 0.15) is 17.4 Å². The van der Waals surface area contributed by atoms with Gasteiger partial charge in [-0.3, -0.25) is 4.90 Å². The highest BCUT2D eigenvalue weighted by Gasteiger charge is 2.21. The topological polar surface area (TPSA) is 108 Å². The Labute approximate surface area is 127 Å². The minimum atomic E-state index is -1.16. The number of carboxylic acids is 1. The molecule has 0 aromatic carbocycles. The fourth-order valence-electron chi connectivity index (χ4n) is 1.98. The molecular weight excluding hydrogens is 290 g/mol. The molecule has 0 radical (unpaired) electrons. The van der Waals surface area contributed by atoms with Gasteiger partial charge in [0.2, 0.25) is 5.95 Å². The van der Waals surface area contributed by atoms with E-state index in [0.717, 1.165) is 0 Å². The molecule has 9 heteroatoms. The summed E-state index contributed by atoms with van der Waals surface area (Å²) in [4.78, 5) is 34.6. The van der Waals surface area contributed by atoms with Gasteiger partial charge in [0, 0.05) is 32.7 Å². The van der Waals surface area contributed by atoms with E-state index >= 15 is 0 Å². The Hall–Kier alpha value is -2.42. The number of urea groups is 1. The molecule has 0 unspecified atom stereocenters. The lowest BCUT2D eigenvalue weighted by Gasteiger charge is -2.27. The molecule has 0 saturated carbocycles. The maximum Gasteiger partial charge on any atom is 0.354 e. The van der Waals surface area contributed by atoms with Crippen LogP contribution in [-0.4, -0.2) is 67.0 Å². The fraction of sp³-hybridized carbons (Fsp3) is 0.538. The van der Waals surface area contributed by atoms with Crippen molar-refractivity contribution in [3.05, 3.63) is 11.8 Å². The fourth-order valence-corrected chi connectivity index (χ4v) is 1.98. The van der Waals surface area contributed by atoms with Gasteiger partial charge in [0.1, 0.15) is 5.82 Å². The van der Waals surface area contributed by atoms with Crippen molar-refractivity contribution in [1.29, 1.82) is 0 Å². The van der Waals surface area contributed by atoms with Gasteiger partial charge < -0.3 is 20.1 Å². The largest absolute Gasteiger partial charge is 0.477 e. The second-order valence-corrected chi connectivity index (χ2v) is 4.71. The van der Waals surface area contributed by atoms with Crippen molar-refractivity contribution < 1.29 is 19.4 Å². The summed E-state index contributed by atoms with van der Waals surface area (Å²) in [5, 5.41) is 11.8. The van der Waals surface area contributed by atoms with Gasteiger partial charge in [-0.1, -0.05) is 0 Å². The van der Waals surface area contributed by atoms with Crippen LogP contribution in [0.3, 0.4) is 0 Å². The van der Waals surface area contributed by atoms with E-state index in [9.17, 15) is 14.7 Å². The lowest BCUT2D eigenvalue weighted by atomic mass is 10.3. The number of hydrogen-bond donors (Lipinski definition) is 2. The van der Waals surface area contributed by atoms with Crippen molar-refractivity contribution in [2.24, 2.45) is 0 Å². The van der Waals surface area contributed by atoms with E-state index in [4.69, 9.17) is 4.74 Å². The van der Waals surface area contributed by atoms with Crippen LogP contribution in [0.5, 0.6) is 0 Å². The predicted molar refractivity (Wildman–Crippen MR) is 79.5 cm³/mol. The minimum absolute atomic E-state index is 0.150. The maximum absolute atomic E-state index is 11.9. The van der Waals surface area contributed by atoms with Crippen LogP contribution in [0.4, 0.5) is 16.6 Å². The Bertz CT molecular complexity index is 559. The molecule has 120 valence electrons. The highest BCUT2D eigenvalue weighted by atomic mass is 16.5.